The van der Waals surface area contributed by atoms with Gasteiger partial charge in [-0.25, -0.2) is 0 Å². The van der Waals surface area contributed by atoms with Gasteiger partial charge in [0, 0.05) is 24.7 Å². The minimum absolute atomic E-state index is 0.123. The second kappa shape index (κ2) is 7.18. The summed E-state index contributed by atoms with van der Waals surface area (Å²) in [4.78, 5) is 40.6. The van der Waals surface area contributed by atoms with E-state index in [0.29, 0.717) is 6.42 Å². The van der Waals surface area contributed by atoms with Gasteiger partial charge in [0.1, 0.15) is 12.0 Å². The fourth-order valence-corrected chi connectivity index (χ4v) is 4.51. The monoisotopic (exact) mass is 394 g/mol. The zero-order chi connectivity index (χ0) is 20.8. The smallest absolute Gasteiger partial charge is 0.237 e. The number of hydrogen-bond donors (Lipinski definition) is 2. The lowest BCUT2D eigenvalue weighted by Crippen LogP contribution is -2.47. The summed E-state index contributed by atoms with van der Waals surface area (Å²) in [7, 11) is 0. The molecule has 2 aliphatic heterocycles. The Balaban J connectivity index is 1.63. The number of nitrogens with one attached hydrogen (secondary N) is 2. The Morgan fingerprint density at radius 1 is 1.34 bits per heavy atom. The molecule has 0 radical (unpaired) electrons. The number of amides is 3. The van der Waals surface area contributed by atoms with Gasteiger partial charge < -0.3 is 15.5 Å². The quantitative estimate of drug-likeness (QED) is 0.745. The van der Waals surface area contributed by atoms with Gasteiger partial charge in [0.2, 0.25) is 17.7 Å². The molecule has 1 spiro atoms. The molecule has 2 N–H and O–H groups in total. The summed E-state index contributed by atoms with van der Waals surface area (Å²) in [5.74, 6) is -1.47. The molecule has 2 unspecified atom stereocenters. The summed E-state index contributed by atoms with van der Waals surface area (Å²) in [5, 5.41) is 15.6. The van der Waals surface area contributed by atoms with Crippen molar-refractivity contribution in [2.75, 3.05) is 11.9 Å². The molecular weight excluding hydrogens is 368 g/mol. The minimum atomic E-state index is -0.929. The van der Waals surface area contributed by atoms with Crippen LogP contribution in [0.25, 0.3) is 0 Å². The van der Waals surface area contributed by atoms with Gasteiger partial charge in [-0.2, -0.15) is 5.26 Å². The van der Waals surface area contributed by atoms with E-state index in [-0.39, 0.29) is 42.6 Å². The van der Waals surface area contributed by atoms with Gasteiger partial charge in [-0.05, 0) is 36.8 Å². The Kier molecular flexibility index (Phi) is 4.81. The van der Waals surface area contributed by atoms with Gasteiger partial charge >= 0.3 is 0 Å². The van der Waals surface area contributed by atoms with Crippen LogP contribution in [-0.2, 0) is 19.8 Å². The maximum atomic E-state index is 13.4. The number of hydrogen-bond acceptors (Lipinski definition) is 4. The number of likely N-dealkylation sites (tertiary alicyclic amines) is 1. The van der Waals surface area contributed by atoms with Crippen LogP contribution >= 0.6 is 0 Å². The van der Waals surface area contributed by atoms with Gasteiger partial charge in [-0.15, -0.1) is 0 Å². The van der Waals surface area contributed by atoms with Crippen LogP contribution in [0.1, 0.15) is 45.1 Å². The maximum absolute atomic E-state index is 13.4. The molecule has 3 amide bonds. The lowest BCUT2D eigenvalue weighted by atomic mass is 9.80. The van der Waals surface area contributed by atoms with Crippen LogP contribution in [0.4, 0.5) is 5.69 Å². The number of rotatable bonds is 5. The Bertz CT molecular complexity index is 902. The normalized spacial score (nSPS) is 26.2. The largest absolute Gasteiger partial charge is 0.353 e. The molecule has 3 atom stereocenters. The van der Waals surface area contributed by atoms with Crippen LogP contribution in [0, 0.1) is 23.2 Å². The Hall–Kier alpha value is -2.88. The number of benzene rings is 1. The third-order valence-electron chi connectivity index (χ3n) is 6.16. The number of nitrogens with zero attached hydrogens (tertiary/aromatic N) is 2. The van der Waals surface area contributed by atoms with Crippen LogP contribution in [0.5, 0.6) is 0 Å². The number of para-hydroxylation sites is 1. The average molecular weight is 394 g/mol. The topological polar surface area (TPSA) is 102 Å². The third kappa shape index (κ3) is 3.37. The lowest BCUT2D eigenvalue weighted by molar-refractivity contribution is -0.143. The minimum Gasteiger partial charge on any atom is -0.353 e. The van der Waals surface area contributed by atoms with Crippen molar-refractivity contribution in [3.63, 3.8) is 0 Å². The van der Waals surface area contributed by atoms with Crippen LogP contribution in [-0.4, -0.2) is 41.2 Å². The zero-order valence-electron chi connectivity index (χ0n) is 16.8. The van der Waals surface area contributed by atoms with Gasteiger partial charge in [0.25, 0.3) is 0 Å². The molecule has 7 nitrogen and oxygen atoms in total. The number of carbonyl (C=O) groups is 3. The molecule has 2 fully saturated rings. The van der Waals surface area contributed by atoms with Gasteiger partial charge in [0.15, 0.2) is 0 Å². The van der Waals surface area contributed by atoms with Crippen LogP contribution in [0.15, 0.2) is 24.3 Å². The molecule has 0 aromatic heterocycles. The average Bonchev–Trinajstić information content (AvgIpc) is 3.35. The highest BCUT2D eigenvalue weighted by atomic mass is 16.2. The van der Waals surface area contributed by atoms with Crippen LogP contribution < -0.4 is 10.6 Å². The second-order valence-corrected chi connectivity index (χ2v) is 8.86. The highest BCUT2D eigenvalue weighted by Gasteiger charge is 2.56. The molecule has 1 saturated carbocycles. The van der Waals surface area contributed by atoms with Gasteiger partial charge in [-0.3, -0.25) is 14.4 Å². The number of fused-ring (bicyclic) bond motifs is 2. The van der Waals surface area contributed by atoms with Crippen molar-refractivity contribution < 1.29 is 14.4 Å². The predicted octanol–water partition coefficient (Wildman–Crippen LogP) is 1.94. The Morgan fingerprint density at radius 2 is 2.07 bits per heavy atom. The van der Waals surface area contributed by atoms with Crippen LogP contribution in [0.2, 0.25) is 0 Å². The SMILES string of the molecule is CC(C)CC(C(=O)NC1CC1)C(=O)N1C[C@]2(CC1C#N)C(=O)Nc1ccccc12. The van der Waals surface area contributed by atoms with E-state index in [0.717, 1.165) is 24.1 Å². The van der Waals surface area contributed by atoms with Crippen LogP contribution in [0.3, 0.4) is 0 Å². The fraction of sp³-hybridized carbons (Fsp3) is 0.545. The molecule has 0 bridgehead atoms. The lowest BCUT2D eigenvalue weighted by Gasteiger charge is -2.27. The highest BCUT2D eigenvalue weighted by Crippen LogP contribution is 2.46. The number of nitriles is 1. The number of carbonyl (C=O) groups excluding carboxylic acids is 3. The van der Waals surface area contributed by atoms with Crippen molar-refractivity contribution >= 4 is 23.4 Å². The third-order valence-corrected chi connectivity index (χ3v) is 6.16. The summed E-state index contributed by atoms with van der Waals surface area (Å²) >= 11 is 0. The fourth-order valence-electron chi connectivity index (χ4n) is 4.51. The first-order chi connectivity index (χ1) is 13.9. The first-order valence-corrected chi connectivity index (χ1v) is 10.3. The standard InChI is InChI=1S/C22H26N4O3/c1-13(2)9-16(19(27)24-14-7-8-14)20(28)26-12-22(10-15(26)11-23)17-5-3-4-6-18(17)25-21(22)29/h3-6,13-16H,7-10,12H2,1-2H3,(H,24,27)(H,25,29)/t15?,16?,22-/m0/s1. The van der Waals surface area contributed by atoms with Crippen molar-refractivity contribution in [1.29, 1.82) is 5.26 Å². The number of anilines is 1. The molecule has 1 aromatic carbocycles. The summed E-state index contributed by atoms with van der Waals surface area (Å²) in [6.07, 6.45) is 2.55. The van der Waals surface area contributed by atoms with Gasteiger partial charge in [-0.1, -0.05) is 32.0 Å². The van der Waals surface area contributed by atoms with Gasteiger partial charge in [0.05, 0.1) is 11.5 Å². The molecule has 7 heteroatoms. The summed E-state index contributed by atoms with van der Waals surface area (Å²) in [5.41, 5.74) is 0.624. The summed E-state index contributed by atoms with van der Waals surface area (Å²) in [6, 6.07) is 9.03. The van der Waals surface area contributed by atoms with Crippen molar-refractivity contribution in [1.82, 2.24) is 10.2 Å². The zero-order valence-corrected chi connectivity index (χ0v) is 16.8. The molecule has 2 heterocycles. The van der Waals surface area contributed by atoms with E-state index in [2.05, 4.69) is 16.7 Å². The summed E-state index contributed by atoms with van der Waals surface area (Å²) < 4.78 is 0. The summed E-state index contributed by atoms with van der Waals surface area (Å²) in [6.45, 7) is 4.06. The Labute approximate surface area is 170 Å². The maximum Gasteiger partial charge on any atom is 0.237 e. The highest BCUT2D eigenvalue weighted by molar-refractivity contribution is 6.08. The molecule has 1 aliphatic carbocycles. The van der Waals surface area contributed by atoms with E-state index >= 15 is 0 Å². The van der Waals surface area contributed by atoms with Crippen molar-refractivity contribution in [2.24, 2.45) is 11.8 Å². The predicted molar refractivity (Wildman–Crippen MR) is 107 cm³/mol. The Morgan fingerprint density at radius 3 is 2.72 bits per heavy atom. The molecule has 4 rings (SSSR count). The van der Waals surface area contributed by atoms with E-state index in [4.69, 9.17) is 0 Å². The first kappa shape index (κ1) is 19.4. The van der Waals surface area contributed by atoms with E-state index in [1.165, 1.54) is 4.90 Å². The van der Waals surface area contributed by atoms with Crippen molar-refractivity contribution in [3.8, 4) is 6.07 Å². The van der Waals surface area contributed by atoms with E-state index in [1.54, 1.807) is 0 Å². The first-order valence-electron chi connectivity index (χ1n) is 10.3. The molecule has 1 saturated heterocycles. The molecular formula is C22H26N4O3. The van der Waals surface area contributed by atoms with Crippen molar-refractivity contribution in [3.05, 3.63) is 29.8 Å². The molecule has 29 heavy (non-hydrogen) atoms. The van der Waals surface area contributed by atoms with E-state index in [9.17, 15) is 19.6 Å². The second-order valence-electron chi connectivity index (χ2n) is 8.86. The van der Waals surface area contributed by atoms with E-state index < -0.39 is 17.4 Å². The molecule has 3 aliphatic rings. The van der Waals surface area contributed by atoms with E-state index in [1.807, 2.05) is 38.1 Å². The molecule has 1 aromatic rings. The van der Waals surface area contributed by atoms with Crippen molar-refractivity contribution in [2.45, 2.75) is 57.0 Å². The molecule has 152 valence electrons.